The molecule has 0 saturated carbocycles. The van der Waals surface area contributed by atoms with Gasteiger partial charge in [-0.1, -0.05) is 66.5 Å². The van der Waals surface area contributed by atoms with Crippen LogP contribution in [0.15, 0.2) is 48.7 Å². The van der Waals surface area contributed by atoms with Crippen molar-refractivity contribution < 1.29 is 14.3 Å². The number of pyridine rings is 1. The number of amides is 1. The van der Waals surface area contributed by atoms with Crippen molar-refractivity contribution in [1.29, 1.82) is 0 Å². The van der Waals surface area contributed by atoms with Gasteiger partial charge in [-0.3, -0.25) is 19.6 Å². The molecule has 4 aliphatic rings. The molecule has 3 aliphatic heterocycles. The lowest BCUT2D eigenvalue weighted by molar-refractivity contribution is -0.120. The van der Waals surface area contributed by atoms with Crippen LogP contribution in [0.2, 0.25) is 10.0 Å². The second-order valence-corrected chi connectivity index (χ2v) is 14.5. The summed E-state index contributed by atoms with van der Waals surface area (Å²) in [5.41, 5.74) is 7.68. The van der Waals surface area contributed by atoms with Crippen LogP contribution in [0.4, 0.5) is 0 Å². The maximum Gasteiger partial charge on any atom is 0.237 e. The number of nitrogens with zero attached hydrogens (tertiary/aromatic N) is 5. The van der Waals surface area contributed by atoms with Gasteiger partial charge in [0, 0.05) is 73.0 Å². The molecule has 9 nitrogen and oxygen atoms in total. The fourth-order valence-electron chi connectivity index (χ4n) is 8.06. The number of aryl methyl sites for hydroxylation is 1. The van der Waals surface area contributed by atoms with Crippen LogP contribution in [0.25, 0.3) is 33.6 Å². The highest BCUT2D eigenvalue weighted by Gasteiger charge is 2.47. The van der Waals surface area contributed by atoms with E-state index in [1.807, 2.05) is 36.4 Å². The van der Waals surface area contributed by atoms with E-state index in [1.165, 1.54) is 11.1 Å². The fraction of sp³-hybridized carbons (Fsp3) is 0.405. The molecule has 3 saturated heterocycles. The third-order valence-electron chi connectivity index (χ3n) is 10.4. The van der Waals surface area contributed by atoms with E-state index in [-0.39, 0.29) is 11.4 Å². The van der Waals surface area contributed by atoms with E-state index >= 15 is 0 Å². The largest absolute Gasteiger partial charge is 0.481 e. The van der Waals surface area contributed by atoms with Gasteiger partial charge in [-0.2, -0.15) is 0 Å². The van der Waals surface area contributed by atoms with E-state index in [4.69, 9.17) is 47.6 Å². The van der Waals surface area contributed by atoms with Crippen LogP contribution < -0.4 is 14.8 Å². The van der Waals surface area contributed by atoms with Crippen LogP contribution in [-0.4, -0.2) is 76.6 Å². The number of methoxy groups -OCH3 is 2. The zero-order valence-corrected chi connectivity index (χ0v) is 28.9. The first-order valence-corrected chi connectivity index (χ1v) is 17.3. The average Bonchev–Trinajstić information content (AvgIpc) is 3.67. The molecule has 11 heteroatoms. The van der Waals surface area contributed by atoms with Gasteiger partial charge in [0.1, 0.15) is 5.69 Å². The number of hydrogen-bond acceptors (Lipinski definition) is 8. The van der Waals surface area contributed by atoms with Crippen molar-refractivity contribution in [2.75, 3.05) is 40.4 Å². The first kappa shape index (κ1) is 31.5. The highest BCUT2D eigenvalue weighted by Crippen LogP contribution is 2.47. The molecule has 48 heavy (non-hydrogen) atoms. The number of benzene rings is 2. The molecule has 0 radical (unpaired) electrons. The highest BCUT2D eigenvalue weighted by molar-refractivity contribution is 6.39. The molecule has 8 rings (SSSR count). The Bertz CT molecular complexity index is 1920. The molecule has 1 spiro atoms. The van der Waals surface area contributed by atoms with Crippen molar-refractivity contribution in [1.82, 2.24) is 30.1 Å². The van der Waals surface area contributed by atoms with Crippen molar-refractivity contribution >= 4 is 29.1 Å². The monoisotopic (exact) mass is 684 g/mol. The third-order valence-corrected chi connectivity index (χ3v) is 11.2. The Morgan fingerprint density at radius 3 is 2.19 bits per heavy atom. The molecule has 2 aromatic heterocycles. The Balaban J connectivity index is 1.07. The third kappa shape index (κ3) is 5.41. The molecule has 248 valence electrons. The topological polar surface area (TPSA) is 92.7 Å². The number of nitrogens with one attached hydrogen (secondary N) is 1. The first-order valence-electron chi connectivity index (χ1n) is 16.6. The quantitative estimate of drug-likeness (QED) is 0.222. The molecule has 0 unspecified atom stereocenters. The minimum atomic E-state index is -0.0945. The predicted molar refractivity (Wildman–Crippen MR) is 186 cm³/mol. The van der Waals surface area contributed by atoms with Gasteiger partial charge in [0.25, 0.3) is 0 Å². The van der Waals surface area contributed by atoms with Crippen LogP contribution in [0.5, 0.6) is 11.8 Å². The summed E-state index contributed by atoms with van der Waals surface area (Å²) < 4.78 is 11.6. The summed E-state index contributed by atoms with van der Waals surface area (Å²) in [6.07, 6.45) is 5.28. The molecule has 4 aromatic rings. The van der Waals surface area contributed by atoms with E-state index in [1.54, 1.807) is 20.4 Å². The van der Waals surface area contributed by atoms with Crippen molar-refractivity contribution in [3.8, 4) is 45.4 Å². The lowest BCUT2D eigenvalue weighted by atomic mass is 9.88. The Morgan fingerprint density at radius 1 is 0.917 bits per heavy atom. The van der Waals surface area contributed by atoms with E-state index in [2.05, 4.69) is 28.1 Å². The molecule has 0 bridgehead atoms. The summed E-state index contributed by atoms with van der Waals surface area (Å²) in [7, 11) is 3.30. The molecule has 5 heterocycles. The minimum absolute atomic E-state index is 0.0945. The van der Waals surface area contributed by atoms with Crippen molar-refractivity contribution in [2.45, 2.75) is 50.7 Å². The minimum Gasteiger partial charge on any atom is -0.481 e. The zero-order valence-electron chi connectivity index (χ0n) is 27.4. The molecular weight excluding hydrogens is 647 g/mol. The highest BCUT2D eigenvalue weighted by atomic mass is 35.5. The number of carbonyl (C=O) groups is 1. The van der Waals surface area contributed by atoms with Gasteiger partial charge in [-0.15, -0.1) is 0 Å². The molecule has 2 aromatic carbocycles. The van der Waals surface area contributed by atoms with Gasteiger partial charge in [-0.05, 0) is 36.8 Å². The van der Waals surface area contributed by atoms with Crippen LogP contribution in [0.1, 0.15) is 49.0 Å². The standard InChI is InChI=1S/C37H38Cl2N6O3/c1-21-16-45(17-21)30-11-10-22-14-27(41-36(48-3)32(22)30)25-8-4-6-23(33(25)38)24-7-5-9-26(34(24)39)28-15-40-29(35(42-28)47-2)18-44-19-37(20-44)13-12-31(46)43-37/h4-9,14-15,21,30H,10-13,16-20H2,1-3H3,(H,43,46)/t30-/m0/s1. The number of likely N-dealkylation sites (tertiary alicyclic amines) is 2. The van der Waals surface area contributed by atoms with Gasteiger partial charge in [0.2, 0.25) is 17.7 Å². The second kappa shape index (κ2) is 12.3. The van der Waals surface area contributed by atoms with Gasteiger partial charge in [-0.25, -0.2) is 9.97 Å². The Hall–Kier alpha value is -3.76. The number of hydrogen-bond donors (Lipinski definition) is 1. The Labute approximate surface area is 290 Å². The summed E-state index contributed by atoms with van der Waals surface area (Å²) >= 11 is 14.3. The average molecular weight is 686 g/mol. The molecule has 1 amide bonds. The maximum absolute atomic E-state index is 11.7. The number of rotatable bonds is 8. The number of ether oxygens (including phenoxy) is 2. The number of carbonyl (C=O) groups excluding carboxylic acids is 1. The van der Waals surface area contributed by atoms with Crippen LogP contribution in [-0.2, 0) is 17.8 Å². The molecule has 1 atom stereocenters. The normalized spacial score (nSPS) is 20.4. The van der Waals surface area contributed by atoms with Gasteiger partial charge < -0.3 is 14.8 Å². The number of halogens is 2. The lowest BCUT2D eigenvalue weighted by Crippen LogP contribution is -2.66. The first-order chi connectivity index (χ1) is 23.3. The smallest absolute Gasteiger partial charge is 0.237 e. The number of fused-ring (bicyclic) bond motifs is 1. The molecule has 1 N–H and O–H groups in total. The van der Waals surface area contributed by atoms with E-state index in [0.717, 1.165) is 85.0 Å². The number of aromatic nitrogens is 3. The van der Waals surface area contributed by atoms with Crippen LogP contribution >= 0.6 is 23.2 Å². The summed E-state index contributed by atoms with van der Waals surface area (Å²) in [6, 6.07) is 14.3. The van der Waals surface area contributed by atoms with Gasteiger partial charge >= 0.3 is 0 Å². The van der Waals surface area contributed by atoms with E-state index in [0.29, 0.717) is 46.5 Å². The molecular formula is C37H38Cl2N6O3. The molecule has 1 aliphatic carbocycles. The van der Waals surface area contributed by atoms with Gasteiger partial charge in [0.05, 0.1) is 47.4 Å². The summed E-state index contributed by atoms with van der Waals surface area (Å²) in [4.78, 5) is 31.1. The van der Waals surface area contributed by atoms with Crippen molar-refractivity contribution in [3.63, 3.8) is 0 Å². The Morgan fingerprint density at radius 2 is 1.56 bits per heavy atom. The van der Waals surface area contributed by atoms with E-state index in [9.17, 15) is 4.79 Å². The Kier molecular flexibility index (Phi) is 8.06. The maximum atomic E-state index is 11.7. The summed E-state index contributed by atoms with van der Waals surface area (Å²) in [5, 5.41) is 4.22. The van der Waals surface area contributed by atoms with Crippen molar-refractivity contribution in [2.24, 2.45) is 5.92 Å². The van der Waals surface area contributed by atoms with Gasteiger partial charge in [0.15, 0.2) is 0 Å². The van der Waals surface area contributed by atoms with Crippen molar-refractivity contribution in [3.05, 3.63) is 75.5 Å². The lowest BCUT2D eigenvalue weighted by Gasteiger charge is -2.47. The van der Waals surface area contributed by atoms with E-state index < -0.39 is 0 Å². The zero-order chi connectivity index (χ0) is 33.2. The summed E-state index contributed by atoms with van der Waals surface area (Å²) in [6.45, 7) is 6.71. The fourth-order valence-corrected chi connectivity index (χ4v) is 8.71. The van der Waals surface area contributed by atoms with Crippen LogP contribution in [0.3, 0.4) is 0 Å². The summed E-state index contributed by atoms with van der Waals surface area (Å²) in [5.74, 6) is 2.00. The molecule has 3 fully saturated rings. The second-order valence-electron chi connectivity index (χ2n) is 13.7. The van der Waals surface area contributed by atoms with Crippen LogP contribution in [0, 0.1) is 5.92 Å². The predicted octanol–water partition coefficient (Wildman–Crippen LogP) is 6.60. The SMILES string of the molecule is COc1nc(-c2cccc(-c3cccc(-c4cc5c(c(OC)n4)[C@@H](N4CC(C)C4)CC5)c3Cl)c2Cl)cnc1CN1CC2(CCC(=O)N2)C1.